The maximum Gasteiger partial charge on any atom is 0.145 e. The lowest BCUT2D eigenvalue weighted by atomic mass is 10.2. The first-order valence-corrected chi connectivity index (χ1v) is 5.47. The molecule has 0 aromatic heterocycles. The molecule has 4 heteroatoms. The molecule has 0 fully saturated rings. The lowest BCUT2D eigenvalue weighted by Crippen LogP contribution is -1.95. The molecular weight excluding hydrogens is 233 g/mol. The lowest BCUT2D eigenvalue weighted by Gasteiger charge is -2.12. The van der Waals surface area contributed by atoms with Gasteiger partial charge in [-0.05, 0) is 30.3 Å². The van der Waals surface area contributed by atoms with Gasteiger partial charge in [-0.3, -0.25) is 0 Å². The molecule has 0 heterocycles. The van der Waals surface area contributed by atoms with Gasteiger partial charge >= 0.3 is 0 Å². The van der Waals surface area contributed by atoms with E-state index in [2.05, 4.69) is 5.32 Å². The quantitative estimate of drug-likeness (QED) is 0.895. The molecule has 0 spiro atoms. The predicted molar refractivity (Wildman–Crippen MR) is 69.2 cm³/mol. The van der Waals surface area contributed by atoms with Gasteiger partial charge in [0.25, 0.3) is 0 Å². The molecule has 94 valence electrons. The van der Waals surface area contributed by atoms with Crippen LogP contribution in [0.3, 0.4) is 0 Å². The second kappa shape index (κ2) is 5.40. The highest BCUT2D eigenvalue weighted by atomic mass is 19.1. The van der Waals surface area contributed by atoms with E-state index in [0.717, 1.165) is 5.69 Å². The smallest absolute Gasteiger partial charge is 0.145 e. The van der Waals surface area contributed by atoms with Crippen molar-refractivity contribution in [2.24, 2.45) is 0 Å². The van der Waals surface area contributed by atoms with Crippen molar-refractivity contribution < 1.29 is 13.9 Å². The minimum atomic E-state index is -0.285. The van der Waals surface area contributed by atoms with Gasteiger partial charge in [-0.15, -0.1) is 0 Å². The molecule has 0 aliphatic heterocycles. The molecular formula is C14H14FNO2. The van der Waals surface area contributed by atoms with Crippen LogP contribution in [0.15, 0.2) is 42.5 Å². The number of hydrogen-bond acceptors (Lipinski definition) is 3. The number of hydrogen-bond donors (Lipinski definition) is 1. The van der Waals surface area contributed by atoms with Crippen LogP contribution in [-0.2, 0) is 0 Å². The van der Waals surface area contributed by atoms with Crippen LogP contribution in [0.4, 0.5) is 15.8 Å². The summed E-state index contributed by atoms with van der Waals surface area (Å²) in [5.41, 5.74) is 1.42. The first-order chi connectivity index (χ1) is 8.72. The summed E-state index contributed by atoms with van der Waals surface area (Å²) in [4.78, 5) is 0. The van der Waals surface area contributed by atoms with Crippen LogP contribution < -0.4 is 14.8 Å². The van der Waals surface area contributed by atoms with E-state index in [9.17, 15) is 4.39 Å². The Morgan fingerprint density at radius 1 is 1.00 bits per heavy atom. The van der Waals surface area contributed by atoms with E-state index in [0.29, 0.717) is 17.2 Å². The van der Waals surface area contributed by atoms with Crippen molar-refractivity contribution in [2.45, 2.75) is 0 Å². The molecule has 0 radical (unpaired) electrons. The number of benzene rings is 2. The third kappa shape index (κ3) is 2.71. The Hall–Kier alpha value is -2.23. The van der Waals surface area contributed by atoms with Crippen molar-refractivity contribution in [3.63, 3.8) is 0 Å². The molecule has 0 unspecified atom stereocenters. The lowest BCUT2D eigenvalue weighted by molar-refractivity contribution is 0.395. The van der Waals surface area contributed by atoms with Gasteiger partial charge in [0.1, 0.15) is 17.3 Å². The Bertz CT molecular complexity index is 543. The van der Waals surface area contributed by atoms with Gasteiger partial charge in [-0.2, -0.15) is 0 Å². The molecule has 2 aromatic carbocycles. The molecule has 3 nitrogen and oxygen atoms in total. The summed E-state index contributed by atoms with van der Waals surface area (Å²) in [6, 6.07) is 11.6. The van der Waals surface area contributed by atoms with Gasteiger partial charge in [0.2, 0.25) is 0 Å². The first-order valence-electron chi connectivity index (χ1n) is 5.47. The Labute approximate surface area is 105 Å². The van der Waals surface area contributed by atoms with Gasteiger partial charge < -0.3 is 14.8 Å². The largest absolute Gasteiger partial charge is 0.497 e. The summed E-state index contributed by atoms with van der Waals surface area (Å²) in [5.74, 6) is 1.06. The van der Waals surface area contributed by atoms with Crippen molar-refractivity contribution in [2.75, 3.05) is 19.5 Å². The number of nitrogens with one attached hydrogen (secondary N) is 1. The van der Waals surface area contributed by atoms with E-state index in [1.165, 1.54) is 12.1 Å². The van der Waals surface area contributed by atoms with E-state index in [-0.39, 0.29) is 5.82 Å². The fraction of sp³-hybridized carbons (Fsp3) is 0.143. The molecule has 1 N–H and O–H groups in total. The van der Waals surface area contributed by atoms with Gasteiger partial charge in [0.05, 0.1) is 19.9 Å². The molecule has 0 amide bonds. The van der Waals surface area contributed by atoms with Crippen molar-refractivity contribution in [3.8, 4) is 11.5 Å². The molecule has 2 rings (SSSR count). The maximum atomic E-state index is 13.1. The summed E-state index contributed by atoms with van der Waals surface area (Å²) in [5, 5.41) is 3.10. The standard InChI is InChI=1S/C14H14FNO2/c1-17-12-6-7-13(14(9-12)18-2)16-11-5-3-4-10(15)8-11/h3-9,16H,1-2H3. The number of methoxy groups -OCH3 is 2. The molecule has 0 saturated heterocycles. The van der Waals surface area contributed by atoms with Crippen LogP contribution in [-0.4, -0.2) is 14.2 Å². The molecule has 0 aliphatic rings. The van der Waals surface area contributed by atoms with Gasteiger partial charge in [-0.25, -0.2) is 4.39 Å². The topological polar surface area (TPSA) is 30.5 Å². The van der Waals surface area contributed by atoms with Crippen LogP contribution in [0, 0.1) is 5.82 Å². The van der Waals surface area contributed by atoms with Crippen molar-refractivity contribution in [1.29, 1.82) is 0 Å². The Balaban J connectivity index is 2.28. The zero-order chi connectivity index (χ0) is 13.0. The molecule has 0 bridgehead atoms. The number of anilines is 2. The molecule has 18 heavy (non-hydrogen) atoms. The maximum absolute atomic E-state index is 13.1. The van der Waals surface area contributed by atoms with Gasteiger partial charge in [0, 0.05) is 11.8 Å². The van der Waals surface area contributed by atoms with Crippen molar-refractivity contribution >= 4 is 11.4 Å². The highest BCUT2D eigenvalue weighted by Crippen LogP contribution is 2.31. The monoisotopic (exact) mass is 247 g/mol. The Morgan fingerprint density at radius 2 is 1.83 bits per heavy atom. The summed E-state index contributed by atoms with van der Waals surface area (Å²) in [6.07, 6.45) is 0. The minimum absolute atomic E-state index is 0.285. The van der Waals surface area contributed by atoms with Crippen LogP contribution in [0.2, 0.25) is 0 Å². The molecule has 2 aromatic rings. The predicted octanol–water partition coefficient (Wildman–Crippen LogP) is 3.59. The third-order valence-corrected chi connectivity index (χ3v) is 2.51. The van der Waals surface area contributed by atoms with Crippen molar-refractivity contribution in [1.82, 2.24) is 0 Å². The first kappa shape index (κ1) is 12.2. The normalized spacial score (nSPS) is 9.94. The van der Waals surface area contributed by atoms with E-state index < -0.39 is 0 Å². The van der Waals surface area contributed by atoms with E-state index in [4.69, 9.17) is 9.47 Å². The minimum Gasteiger partial charge on any atom is -0.497 e. The van der Waals surface area contributed by atoms with E-state index in [1.54, 1.807) is 32.4 Å². The Kier molecular flexibility index (Phi) is 3.67. The zero-order valence-corrected chi connectivity index (χ0v) is 10.2. The van der Waals surface area contributed by atoms with Gasteiger partial charge in [-0.1, -0.05) is 6.07 Å². The molecule has 0 atom stereocenters. The third-order valence-electron chi connectivity index (χ3n) is 2.51. The van der Waals surface area contributed by atoms with Crippen LogP contribution in [0.1, 0.15) is 0 Å². The number of rotatable bonds is 4. The van der Waals surface area contributed by atoms with Crippen molar-refractivity contribution in [3.05, 3.63) is 48.3 Å². The summed E-state index contributed by atoms with van der Waals surface area (Å²) < 4.78 is 23.4. The van der Waals surface area contributed by atoms with Crippen LogP contribution in [0.25, 0.3) is 0 Å². The fourth-order valence-electron chi connectivity index (χ4n) is 1.62. The Morgan fingerprint density at radius 3 is 2.50 bits per heavy atom. The highest BCUT2D eigenvalue weighted by Gasteiger charge is 2.05. The van der Waals surface area contributed by atoms with Gasteiger partial charge in [0.15, 0.2) is 0 Å². The second-order valence-electron chi connectivity index (χ2n) is 3.70. The van der Waals surface area contributed by atoms with E-state index in [1.807, 2.05) is 12.1 Å². The SMILES string of the molecule is COc1ccc(Nc2cccc(F)c2)c(OC)c1. The number of halogens is 1. The number of ether oxygens (including phenoxy) is 2. The fourth-order valence-corrected chi connectivity index (χ4v) is 1.62. The summed E-state index contributed by atoms with van der Waals surface area (Å²) in [7, 11) is 3.17. The van der Waals surface area contributed by atoms with E-state index >= 15 is 0 Å². The average molecular weight is 247 g/mol. The average Bonchev–Trinajstić information content (AvgIpc) is 2.39. The molecule has 0 saturated carbocycles. The van der Waals surface area contributed by atoms with Crippen LogP contribution in [0.5, 0.6) is 11.5 Å². The summed E-state index contributed by atoms with van der Waals surface area (Å²) in [6.45, 7) is 0. The zero-order valence-electron chi connectivity index (χ0n) is 10.2. The highest BCUT2D eigenvalue weighted by molar-refractivity contribution is 5.67. The van der Waals surface area contributed by atoms with Crippen LogP contribution >= 0.6 is 0 Å². The molecule has 0 aliphatic carbocycles. The second-order valence-corrected chi connectivity index (χ2v) is 3.70. The summed E-state index contributed by atoms with van der Waals surface area (Å²) >= 11 is 0.